The number of methoxy groups -OCH3 is 2. The van der Waals surface area contributed by atoms with Crippen LogP contribution in [0.15, 0.2) is 23.2 Å². The molecule has 0 radical (unpaired) electrons. The van der Waals surface area contributed by atoms with Gasteiger partial charge in [0.25, 0.3) is 0 Å². The molecule has 0 aromatic heterocycles. The first-order chi connectivity index (χ1) is 11.3. The van der Waals surface area contributed by atoms with Gasteiger partial charge in [-0.25, -0.2) is 0 Å². The van der Waals surface area contributed by atoms with Gasteiger partial charge in [0.1, 0.15) is 0 Å². The molecule has 0 unspecified atom stereocenters. The van der Waals surface area contributed by atoms with Crippen molar-refractivity contribution in [3.8, 4) is 11.5 Å². The summed E-state index contributed by atoms with van der Waals surface area (Å²) in [7, 11) is 7.40. The highest BCUT2D eigenvalue weighted by Crippen LogP contribution is 2.27. The van der Waals surface area contributed by atoms with Crippen LogP contribution in [0.25, 0.3) is 0 Å². The van der Waals surface area contributed by atoms with Crippen LogP contribution in [0.5, 0.6) is 11.5 Å². The lowest BCUT2D eigenvalue weighted by atomic mass is 9.93. The van der Waals surface area contributed by atoms with Crippen LogP contribution in [0, 0.1) is 5.41 Å². The molecule has 0 aliphatic carbocycles. The number of nitrogens with zero attached hydrogens (tertiary/aromatic N) is 2. The maximum Gasteiger partial charge on any atom is 0.188 e. The fourth-order valence-corrected chi connectivity index (χ4v) is 2.63. The average Bonchev–Trinajstić information content (AvgIpc) is 2.51. The summed E-state index contributed by atoms with van der Waals surface area (Å²) in [5.41, 5.74) is 7.21. The van der Waals surface area contributed by atoms with E-state index in [1.54, 1.807) is 14.2 Å². The smallest absolute Gasteiger partial charge is 0.188 e. The number of aliphatic imine (C=N–C) groups is 1. The largest absolute Gasteiger partial charge is 0.493 e. The monoisotopic (exact) mass is 464 g/mol. The van der Waals surface area contributed by atoms with Crippen molar-refractivity contribution in [3.63, 3.8) is 0 Å². The second-order valence-corrected chi connectivity index (χ2v) is 6.97. The van der Waals surface area contributed by atoms with Crippen molar-refractivity contribution in [2.45, 2.75) is 20.3 Å². The lowest BCUT2D eigenvalue weighted by molar-refractivity contribution is 0.249. The number of guanidine groups is 1. The van der Waals surface area contributed by atoms with Crippen LogP contribution >= 0.6 is 24.0 Å². The molecule has 0 fully saturated rings. The van der Waals surface area contributed by atoms with E-state index in [1.807, 2.05) is 18.2 Å². The minimum Gasteiger partial charge on any atom is -0.493 e. The first-order valence-corrected chi connectivity index (χ1v) is 8.17. The third-order valence-electron chi connectivity index (χ3n) is 3.59. The summed E-state index contributed by atoms with van der Waals surface area (Å²) in [4.78, 5) is 6.62. The SMILES string of the molecule is COc1ccc(CCNC(N)=NCC(C)(C)CN(C)C)cc1OC.I. The average molecular weight is 464 g/mol. The van der Waals surface area contributed by atoms with Gasteiger partial charge in [-0.15, -0.1) is 24.0 Å². The van der Waals surface area contributed by atoms with Crippen LogP contribution in [0.4, 0.5) is 0 Å². The van der Waals surface area contributed by atoms with E-state index >= 15 is 0 Å². The van der Waals surface area contributed by atoms with Crippen molar-refractivity contribution in [2.24, 2.45) is 16.1 Å². The molecule has 0 saturated heterocycles. The number of nitrogens with one attached hydrogen (secondary N) is 1. The molecule has 25 heavy (non-hydrogen) atoms. The van der Waals surface area contributed by atoms with Gasteiger partial charge in [0.05, 0.1) is 14.2 Å². The minimum absolute atomic E-state index is 0. The Morgan fingerprint density at radius 3 is 2.40 bits per heavy atom. The number of ether oxygens (including phenoxy) is 2. The van der Waals surface area contributed by atoms with Crippen molar-refractivity contribution in [1.82, 2.24) is 10.2 Å². The van der Waals surface area contributed by atoms with Gasteiger partial charge < -0.3 is 25.4 Å². The molecule has 0 aliphatic rings. The van der Waals surface area contributed by atoms with Crippen molar-refractivity contribution < 1.29 is 9.47 Å². The summed E-state index contributed by atoms with van der Waals surface area (Å²) < 4.78 is 10.6. The molecule has 0 atom stereocenters. The number of rotatable bonds is 9. The Morgan fingerprint density at radius 1 is 1.20 bits per heavy atom. The Kier molecular flexibility index (Phi) is 10.8. The second-order valence-electron chi connectivity index (χ2n) is 6.97. The highest BCUT2D eigenvalue weighted by Gasteiger charge is 2.18. The minimum atomic E-state index is 0. The van der Waals surface area contributed by atoms with Crippen molar-refractivity contribution in [1.29, 1.82) is 0 Å². The summed E-state index contributed by atoms with van der Waals surface area (Å²) in [6.07, 6.45) is 0.831. The molecule has 0 amide bonds. The summed E-state index contributed by atoms with van der Waals surface area (Å²) in [5, 5.41) is 3.17. The predicted octanol–water partition coefficient (Wildman–Crippen LogP) is 2.36. The van der Waals surface area contributed by atoms with Crippen LogP contribution in [0.3, 0.4) is 0 Å². The van der Waals surface area contributed by atoms with E-state index in [-0.39, 0.29) is 29.4 Å². The molecule has 0 bridgehead atoms. The van der Waals surface area contributed by atoms with Gasteiger partial charge in [-0.2, -0.15) is 0 Å². The number of hydrogen-bond acceptors (Lipinski definition) is 4. The summed E-state index contributed by atoms with van der Waals surface area (Å²) in [6.45, 7) is 6.76. The third-order valence-corrected chi connectivity index (χ3v) is 3.59. The van der Waals surface area contributed by atoms with Gasteiger partial charge in [-0.3, -0.25) is 4.99 Å². The van der Waals surface area contributed by atoms with Crippen LogP contribution in [-0.4, -0.2) is 58.8 Å². The number of halogens is 1. The molecular weight excluding hydrogens is 431 g/mol. The van der Waals surface area contributed by atoms with Crippen molar-refractivity contribution in [3.05, 3.63) is 23.8 Å². The predicted molar refractivity (Wildman–Crippen MR) is 115 cm³/mol. The van der Waals surface area contributed by atoms with Crippen LogP contribution in [-0.2, 0) is 6.42 Å². The first kappa shape index (κ1) is 23.8. The highest BCUT2D eigenvalue weighted by molar-refractivity contribution is 14.0. The van der Waals surface area contributed by atoms with E-state index in [1.165, 1.54) is 0 Å². The first-order valence-electron chi connectivity index (χ1n) is 8.17. The normalized spacial score (nSPS) is 11.9. The van der Waals surface area contributed by atoms with E-state index in [0.29, 0.717) is 12.5 Å². The van der Waals surface area contributed by atoms with E-state index in [4.69, 9.17) is 15.2 Å². The van der Waals surface area contributed by atoms with Crippen molar-refractivity contribution in [2.75, 3.05) is 47.9 Å². The van der Waals surface area contributed by atoms with Crippen LogP contribution in [0.2, 0.25) is 0 Å². The molecule has 0 aliphatic heterocycles. The van der Waals surface area contributed by atoms with Crippen molar-refractivity contribution >= 4 is 29.9 Å². The lowest BCUT2D eigenvalue weighted by Gasteiger charge is -2.26. The Morgan fingerprint density at radius 2 is 1.84 bits per heavy atom. The topological polar surface area (TPSA) is 72.1 Å². The van der Waals surface area contributed by atoms with Gasteiger partial charge in [0.15, 0.2) is 17.5 Å². The van der Waals surface area contributed by atoms with E-state index in [0.717, 1.165) is 36.6 Å². The summed E-state index contributed by atoms with van der Waals surface area (Å²) in [5.74, 6) is 1.96. The molecule has 0 spiro atoms. The molecule has 6 nitrogen and oxygen atoms in total. The number of benzene rings is 1. The quantitative estimate of drug-likeness (QED) is 0.334. The molecule has 1 rings (SSSR count). The Labute approximate surface area is 169 Å². The van der Waals surface area contributed by atoms with Gasteiger partial charge in [0.2, 0.25) is 0 Å². The zero-order valence-corrected chi connectivity index (χ0v) is 18.6. The molecule has 1 aromatic rings. The van der Waals surface area contributed by atoms with Crippen LogP contribution < -0.4 is 20.5 Å². The molecular formula is C18H33IN4O2. The maximum absolute atomic E-state index is 5.96. The van der Waals surface area contributed by atoms with E-state index in [2.05, 4.69) is 43.2 Å². The molecule has 144 valence electrons. The Balaban J connectivity index is 0.00000576. The van der Waals surface area contributed by atoms with E-state index < -0.39 is 0 Å². The maximum atomic E-state index is 5.96. The molecule has 7 heteroatoms. The van der Waals surface area contributed by atoms with Gasteiger partial charge in [0, 0.05) is 19.6 Å². The zero-order chi connectivity index (χ0) is 18.2. The van der Waals surface area contributed by atoms with Gasteiger partial charge in [-0.05, 0) is 43.6 Å². The molecule has 3 N–H and O–H groups in total. The second kappa shape index (κ2) is 11.4. The highest BCUT2D eigenvalue weighted by atomic mass is 127. The van der Waals surface area contributed by atoms with Gasteiger partial charge >= 0.3 is 0 Å². The third kappa shape index (κ3) is 9.15. The van der Waals surface area contributed by atoms with E-state index in [9.17, 15) is 0 Å². The Bertz CT molecular complexity index is 548. The fourth-order valence-electron chi connectivity index (χ4n) is 2.63. The molecule has 0 saturated carbocycles. The van der Waals surface area contributed by atoms with Crippen LogP contribution in [0.1, 0.15) is 19.4 Å². The summed E-state index contributed by atoms with van der Waals surface area (Å²) >= 11 is 0. The summed E-state index contributed by atoms with van der Waals surface area (Å²) in [6, 6.07) is 5.92. The number of nitrogens with two attached hydrogens (primary N) is 1. The lowest BCUT2D eigenvalue weighted by Crippen LogP contribution is -2.36. The fraction of sp³-hybridized carbons (Fsp3) is 0.611. The zero-order valence-electron chi connectivity index (χ0n) is 16.3. The molecule has 1 aromatic carbocycles. The van der Waals surface area contributed by atoms with Gasteiger partial charge in [-0.1, -0.05) is 19.9 Å². The Hall–Kier alpha value is -1.22. The number of hydrogen-bond donors (Lipinski definition) is 2. The standard InChI is InChI=1S/C18H32N4O2.HI/c1-18(2,13-22(3)4)12-21-17(19)20-10-9-14-7-8-15(23-5)16(11-14)24-6;/h7-8,11H,9-10,12-13H2,1-6H3,(H3,19,20,21);1H. The molecule has 0 heterocycles.